The summed E-state index contributed by atoms with van der Waals surface area (Å²) in [7, 11) is 17.4. The van der Waals surface area contributed by atoms with E-state index in [9.17, 15) is 0 Å². The van der Waals surface area contributed by atoms with Gasteiger partial charge in [-0.1, -0.05) is 34.6 Å². The Hall–Kier alpha value is -0.280. The van der Waals surface area contributed by atoms with Crippen LogP contribution < -0.4 is 5.73 Å². The van der Waals surface area contributed by atoms with Gasteiger partial charge in [0.25, 0.3) is 0 Å². The maximum atomic E-state index is 7.59. The molecule has 0 saturated carbocycles. The van der Waals surface area contributed by atoms with E-state index in [1.807, 2.05) is 0 Å². The van der Waals surface area contributed by atoms with E-state index >= 15 is 0 Å². The van der Waals surface area contributed by atoms with Crippen LogP contribution in [0.3, 0.4) is 0 Å². The first-order valence-electron chi connectivity index (χ1n) is 11.9. The molecule has 0 aromatic rings. The highest BCUT2D eigenvalue weighted by Gasteiger charge is 2.49. The van der Waals surface area contributed by atoms with Crippen molar-refractivity contribution in [3.63, 3.8) is 0 Å². The first-order valence-corrected chi connectivity index (χ1v) is 11.9. The minimum absolute atomic E-state index is 0.240. The lowest BCUT2D eigenvalue weighted by Gasteiger charge is -2.60. The molecule has 4 unspecified atom stereocenters. The Bertz CT molecular complexity index is 385. The first-order chi connectivity index (χ1) is 13.9. The molecule has 0 aliphatic carbocycles. The molecule has 2 N–H and O–H groups in total. The third-order valence-corrected chi connectivity index (χ3v) is 6.54. The van der Waals surface area contributed by atoms with Crippen molar-refractivity contribution in [2.75, 3.05) is 56.4 Å². The zero-order valence-electron chi connectivity index (χ0n) is 22.6. The molecular formula is C23H55N7. The third-order valence-electron chi connectivity index (χ3n) is 6.54. The normalized spacial score (nSPS) is 19.2. The molecular weight excluding hydrogens is 374 g/mol. The van der Waals surface area contributed by atoms with Crippen LogP contribution in [0.15, 0.2) is 0 Å². The van der Waals surface area contributed by atoms with Crippen LogP contribution in [-0.2, 0) is 0 Å². The zero-order chi connectivity index (χ0) is 23.8. The van der Waals surface area contributed by atoms with Gasteiger partial charge in [-0.2, -0.15) is 0 Å². The molecule has 7 heteroatoms. The molecule has 0 heterocycles. The van der Waals surface area contributed by atoms with E-state index in [-0.39, 0.29) is 24.7 Å². The lowest BCUT2D eigenvalue weighted by molar-refractivity contribution is -0.215. The first kappa shape index (κ1) is 29.7. The maximum Gasteiger partial charge on any atom is 0.130 e. The van der Waals surface area contributed by atoms with Crippen LogP contribution in [0.5, 0.6) is 0 Å². The Balaban J connectivity index is 6.98. The average Bonchev–Trinajstić information content (AvgIpc) is 2.66. The van der Waals surface area contributed by atoms with Gasteiger partial charge >= 0.3 is 0 Å². The Morgan fingerprint density at radius 3 is 0.800 bits per heavy atom. The predicted molar refractivity (Wildman–Crippen MR) is 132 cm³/mol. The fourth-order valence-corrected chi connectivity index (χ4v) is 5.17. The third kappa shape index (κ3) is 6.61. The van der Waals surface area contributed by atoms with E-state index in [0.717, 1.165) is 32.1 Å². The van der Waals surface area contributed by atoms with Gasteiger partial charge in [0.1, 0.15) is 5.79 Å². The predicted octanol–water partition coefficient (Wildman–Crippen LogP) is 2.80. The molecule has 0 aromatic carbocycles. The fraction of sp³-hybridized carbons (Fsp3) is 1.00. The standard InChI is InChI=1S/C23H55N7/c1-14-19(25(6)7)29(20(15-2)26(8)9)23(24,18-5)30(21(16-3)27(10)11)22(17-4)28(12)13/h19-22H,14-18,24H2,1-13H3. The Kier molecular flexibility index (Phi) is 13.2. The summed E-state index contributed by atoms with van der Waals surface area (Å²) in [5.41, 5.74) is 7.59. The molecule has 0 radical (unpaired) electrons. The Morgan fingerprint density at radius 2 is 0.700 bits per heavy atom. The number of hydrogen-bond donors (Lipinski definition) is 1. The molecule has 0 spiro atoms. The zero-order valence-corrected chi connectivity index (χ0v) is 22.6. The molecule has 0 aromatic heterocycles. The Morgan fingerprint density at radius 1 is 0.500 bits per heavy atom. The van der Waals surface area contributed by atoms with Crippen LogP contribution in [0.4, 0.5) is 0 Å². The van der Waals surface area contributed by atoms with E-state index in [4.69, 9.17) is 5.73 Å². The van der Waals surface area contributed by atoms with Crippen molar-refractivity contribution >= 4 is 0 Å². The second-order valence-corrected chi connectivity index (χ2v) is 9.46. The molecule has 7 nitrogen and oxygen atoms in total. The van der Waals surface area contributed by atoms with E-state index in [1.54, 1.807) is 0 Å². The lowest BCUT2D eigenvalue weighted by atomic mass is 10.0. The van der Waals surface area contributed by atoms with Crippen molar-refractivity contribution in [1.29, 1.82) is 0 Å². The average molecular weight is 430 g/mol. The maximum absolute atomic E-state index is 7.59. The summed E-state index contributed by atoms with van der Waals surface area (Å²) >= 11 is 0. The largest absolute Gasteiger partial charge is 0.300 e. The van der Waals surface area contributed by atoms with Crippen molar-refractivity contribution in [1.82, 2.24) is 29.4 Å². The minimum Gasteiger partial charge on any atom is -0.300 e. The molecule has 0 saturated heterocycles. The molecule has 0 bridgehead atoms. The van der Waals surface area contributed by atoms with Crippen molar-refractivity contribution < 1.29 is 0 Å². The molecule has 30 heavy (non-hydrogen) atoms. The topological polar surface area (TPSA) is 45.5 Å². The smallest absolute Gasteiger partial charge is 0.130 e. The van der Waals surface area contributed by atoms with Crippen LogP contribution in [0.1, 0.15) is 66.7 Å². The number of nitrogens with two attached hydrogens (primary N) is 1. The molecule has 0 amide bonds. The highest BCUT2D eigenvalue weighted by Crippen LogP contribution is 2.34. The molecule has 0 rings (SSSR count). The van der Waals surface area contributed by atoms with Crippen molar-refractivity contribution in [3.8, 4) is 0 Å². The number of nitrogens with zero attached hydrogens (tertiary/aromatic N) is 6. The van der Waals surface area contributed by atoms with Crippen LogP contribution in [-0.4, -0.2) is 116 Å². The summed E-state index contributed by atoms with van der Waals surface area (Å²) in [5.74, 6) is -0.605. The fourth-order valence-electron chi connectivity index (χ4n) is 5.17. The van der Waals surface area contributed by atoms with Crippen molar-refractivity contribution in [2.45, 2.75) is 97.2 Å². The summed E-state index contributed by atoms with van der Waals surface area (Å²) in [6, 6.07) is 0. The number of rotatable bonds is 15. The highest BCUT2D eigenvalue weighted by molar-refractivity contribution is 4.95. The van der Waals surface area contributed by atoms with Crippen LogP contribution in [0, 0.1) is 0 Å². The van der Waals surface area contributed by atoms with Gasteiger partial charge in [-0.15, -0.1) is 0 Å². The van der Waals surface area contributed by atoms with Gasteiger partial charge in [-0.3, -0.25) is 19.6 Å². The Labute approximate surface area is 189 Å². The summed E-state index contributed by atoms with van der Waals surface area (Å²) in [4.78, 5) is 14.5. The van der Waals surface area contributed by atoms with Gasteiger partial charge in [0, 0.05) is 0 Å². The molecule has 4 atom stereocenters. The summed E-state index contributed by atoms with van der Waals surface area (Å²) in [5, 5.41) is 0. The number of hydrogen-bond acceptors (Lipinski definition) is 7. The quantitative estimate of drug-likeness (QED) is 0.402. The minimum atomic E-state index is -0.605. The molecule has 182 valence electrons. The van der Waals surface area contributed by atoms with E-state index in [0.29, 0.717) is 0 Å². The molecule has 0 fully saturated rings. The van der Waals surface area contributed by atoms with E-state index in [2.05, 4.69) is 120 Å². The summed E-state index contributed by atoms with van der Waals surface area (Å²) in [6.45, 7) is 11.3. The SMILES string of the molecule is CCC(N(C)C)N(C(CC)N(C)C)C(N)(CC)N(C(CC)N(C)C)C(CC)N(C)C. The van der Waals surface area contributed by atoms with E-state index in [1.165, 1.54) is 0 Å². The van der Waals surface area contributed by atoms with Gasteiger partial charge in [-0.05, 0) is 88.5 Å². The van der Waals surface area contributed by atoms with Crippen LogP contribution >= 0.6 is 0 Å². The van der Waals surface area contributed by atoms with Crippen molar-refractivity contribution in [3.05, 3.63) is 0 Å². The highest BCUT2D eigenvalue weighted by atomic mass is 15.6. The summed E-state index contributed by atoms with van der Waals surface area (Å²) in [6.07, 6.45) is 5.87. The summed E-state index contributed by atoms with van der Waals surface area (Å²) < 4.78 is 0. The van der Waals surface area contributed by atoms with Gasteiger partial charge in [-0.25, -0.2) is 9.80 Å². The van der Waals surface area contributed by atoms with Gasteiger partial charge in [0.15, 0.2) is 0 Å². The van der Waals surface area contributed by atoms with Gasteiger partial charge in [0.2, 0.25) is 0 Å². The molecule has 0 aliphatic rings. The molecule has 0 aliphatic heterocycles. The second kappa shape index (κ2) is 13.3. The monoisotopic (exact) mass is 429 g/mol. The van der Waals surface area contributed by atoms with Gasteiger partial charge < -0.3 is 5.73 Å². The van der Waals surface area contributed by atoms with E-state index < -0.39 is 5.79 Å². The lowest BCUT2D eigenvalue weighted by Crippen LogP contribution is -2.79. The van der Waals surface area contributed by atoms with Crippen LogP contribution in [0.2, 0.25) is 0 Å². The van der Waals surface area contributed by atoms with Crippen LogP contribution in [0.25, 0.3) is 0 Å². The van der Waals surface area contributed by atoms with Gasteiger partial charge in [0.05, 0.1) is 24.7 Å². The van der Waals surface area contributed by atoms with Crippen molar-refractivity contribution in [2.24, 2.45) is 5.73 Å². The second-order valence-electron chi connectivity index (χ2n) is 9.46.